The van der Waals surface area contributed by atoms with Crippen LogP contribution in [-0.2, 0) is 12.8 Å². The van der Waals surface area contributed by atoms with E-state index < -0.39 is 5.90 Å². The van der Waals surface area contributed by atoms with Gasteiger partial charge in [-0.15, -0.1) is 0 Å². The average molecular weight is 174 g/mol. The molecule has 2 nitrogen and oxygen atoms in total. The van der Waals surface area contributed by atoms with Crippen molar-refractivity contribution in [1.29, 1.82) is 5.41 Å². The molecule has 0 aromatic heterocycles. The number of benzene rings is 1. The van der Waals surface area contributed by atoms with Gasteiger partial charge in [0, 0.05) is 0 Å². The van der Waals surface area contributed by atoms with Crippen LogP contribution in [0.1, 0.15) is 17.5 Å². The molecule has 68 valence electrons. The Labute approximate surface area is 77.7 Å². The smallest absolute Gasteiger partial charge is 0.0219 e. The van der Waals surface area contributed by atoms with E-state index in [9.17, 15) is 5.11 Å². The largest absolute Gasteiger partial charge is 0.862 e. The maximum atomic E-state index is 10.6. The fraction of sp³-hybridized carbons (Fsp3) is 0.364. The molecule has 1 N–H and O–H groups in total. The fourth-order valence-corrected chi connectivity index (χ4v) is 2.06. The molecule has 0 aliphatic heterocycles. The van der Waals surface area contributed by atoms with E-state index in [-0.39, 0.29) is 0 Å². The molecule has 0 unspecified atom stereocenters. The lowest BCUT2D eigenvalue weighted by Crippen LogP contribution is -2.20. The summed E-state index contributed by atoms with van der Waals surface area (Å²) in [7, 11) is 0. The maximum absolute atomic E-state index is 10.6. The first-order chi connectivity index (χ1) is 6.25. The number of rotatable bonds is 2. The van der Waals surface area contributed by atoms with Crippen LogP contribution in [0.25, 0.3) is 0 Å². The lowest BCUT2D eigenvalue weighted by molar-refractivity contribution is -0.221. The Bertz CT molecular complexity index is 308. The van der Waals surface area contributed by atoms with Gasteiger partial charge in [0.05, 0.1) is 0 Å². The maximum Gasteiger partial charge on any atom is -0.0219 e. The standard InChI is InChI=1S/C11H13NO/c12-11(13)7-8-5-9-3-1-2-4-10(9)6-8/h1-4,8H,5-7H2,(H2,12,13)/p-1. The molecule has 0 amide bonds. The van der Waals surface area contributed by atoms with Crippen molar-refractivity contribution in [3.63, 3.8) is 0 Å². The summed E-state index contributed by atoms with van der Waals surface area (Å²) in [6.07, 6.45) is 2.36. The van der Waals surface area contributed by atoms with Crippen molar-refractivity contribution >= 4 is 5.90 Å². The first-order valence-electron chi connectivity index (χ1n) is 4.57. The van der Waals surface area contributed by atoms with E-state index in [0.29, 0.717) is 12.3 Å². The Morgan fingerprint density at radius 1 is 1.31 bits per heavy atom. The van der Waals surface area contributed by atoms with Crippen molar-refractivity contribution in [1.82, 2.24) is 0 Å². The third-order valence-electron chi connectivity index (χ3n) is 2.61. The minimum absolute atomic E-state index is 0.377. The SMILES string of the molecule is N=C([O-])CC1Cc2ccccc2C1. The summed E-state index contributed by atoms with van der Waals surface area (Å²) in [6, 6.07) is 8.29. The summed E-state index contributed by atoms with van der Waals surface area (Å²) in [5.74, 6) is -0.0554. The van der Waals surface area contributed by atoms with Gasteiger partial charge in [0.1, 0.15) is 0 Å². The molecule has 0 heterocycles. The van der Waals surface area contributed by atoms with E-state index in [4.69, 9.17) is 5.41 Å². The van der Waals surface area contributed by atoms with Gasteiger partial charge < -0.3 is 10.5 Å². The molecule has 1 aliphatic carbocycles. The predicted molar refractivity (Wildman–Crippen MR) is 49.7 cm³/mol. The summed E-state index contributed by atoms with van der Waals surface area (Å²) in [5, 5.41) is 17.5. The molecular formula is C11H12NO-. The second-order valence-electron chi connectivity index (χ2n) is 3.67. The summed E-state index contributed by atoms with van der Waals surface area (Å²) in [5.41, 5.74) is 2.71. The van der Waals surface area contributed by atoms with E-state index in [0.717, 1.165) is 12.8 Å². The second-order valence-corrected chi connectivity index (χ2v) is 3.67. The topological polar surface area (TPSA) is 46.9 Å². The van der Waals surface area contributed by atoms with Crippen LogP contribution in [0.5, 0.6) is 0 Å². The Hall–Kier alpha value is -1.31. The Morgan fingerprint density at radius 3 is 2.31 bits per heavy atom. The monoisotopic (exact) mass is 174 g/mol. The van der Waals surface area contributed by atoms with Gasteiger partial charge in [-0.05, 0) is 42.2 Å². The Balaban J connectivity index is 2.09. The third-order valence-corrected chi connectivity index (χ3v) is 2.61. The second kappa shape index (κ2) is 3.21. The van der Waals surface area contributed by atoms with Gasteiger partial charge in [-0.3, -0.25) is 0 Å². The van der Waals surface area contributed by atoms with Crippen molar-refractivity contribution in [3.05, 3.63) is 35.4 Å². The Kier molecular flexibility index (Phi) is 2.05. The zero-order valence-electron chi connectivity index (χ0n) is 7.42. The van der Waals surface area contributed by atoms with Gasteiger partial charge in [0.2, 0.25) is 0 Å². The van der Waals surface area contributed by atoms with Crippen LogP contribution in [0.4, 0.5) is 0 Å². The van der Waals surface area contributed by atoms with Crippen molar-refractivity contribution < 1.29 is 5.11 Å². The molecule has 1 aromatic rings. The van der Waals surface area contributed by atoms with E-state index in [2.05, 4.69) is 12.1 Å². The first kappa shape index (κ1) is 8.30. The van der Waals surface area contributed by atoms with Crippen molar-refractivity contribution in [2.75, 3.05) is 0 Å². The van der Waals surface area contributed by atoms with E-state index in [1.807, 2.05) is 12.1 Å². The van der Waals surface area contributed by atoms with Crippen LogP contribution in [0, 0.1) is 11.3 Å². The predicted octanol–water partition coefficient (Wildman–Crippen LogP) is 1.13. The summed E-state index contributed by atoms with van der Waals surface area (Å²) < 4.78 is 0. The van der Waals surface area contributed by atoms with Crippen molar-refractivity contribution in [2.45, 2.75) is 19.3 Å². The average Bonchev–Trinajstić information content (AvgIpc) is 2.44. The van der Waals surface area contributed by atoms with Crippen LogP contribution in [0.3, 0.4) is 0 Å². The van der Waals surface area contributed by atoms with Crippen LogP contribution >= 0.6 is 0 Å². The molecule has 0 spiro atoms. The quantitative estimate of drug-likeness (QED) is 0.530. The highest BCUT2D eigenvalue weighted by Gasteiger charge is 2.19. The first-order valence-corrected chi connectivity index (χ1v) is 4.57. The molecule has 0 fully saturated rings. The number of fused-ring (bicyclic) bond motifs is 1. The lowest BCUT2D eigenvalue weighted by Gasteiger charge is -2.12. The zero-order chi connectivity index (χ0) is 9.26. The van der Waals surface area contributed by atoms with Crippen LogP contribution in [0.15, 0.2) is 24.3 Å². The molecule has 0 saturated carbocycles. The van der Waals surface area contributed by atoms with Crippen LogP contribution in [-0.4, -0.2) is 5.90 Å². The molecule has 2 heteroatoms. The van der Waals surface area contributed by atoms with E-state index in [1.165, 1.54) is 11.1 Å². The normalized spacial score (nSPS) is 15.7. The van der Waals surface area contributed by atoms with Crippen molar-refractivity contribution in [2.24, 2.45) is 5.92 Å². The van der Waals surface area contributed by atoms with Crippen LogP contribution in [0.2, 0.25) is 0 Å². The van der Waals surface area contributed by atoms with Gasteiger partial charge >= 0.3 is 0 Å². The third kappa shape index (κ3) is 1.72. The van der Waals surface area contributed by atoms with Gasteiger partial charge in [0.25, 0.3) is 0 Å². The lowest BCUT2D eigenvalue weighted by atomic mass is 10.0. The highest BCUT2D eigenvalue weighted by molar-refractivity contribution is 5.68. The van der Waals surface area contributed by atoms with Gasteiger partial charge in [0.15, 0.2) is 0 Å². The van der Waals surface area contributed by atoms with Crippen LogP contribution < -0.4 is 5.11 Å². The summed E-state index contributed by atoms with van der Waals surface area (Å²) in [4.78, 5) is 0. The number of hydrogen-bond donors (Lipinski definition) is 1. The summed E-state index contributed by atoms with van der Waals surface area (Å²) in [6.45, 7) is 0. The zero-order valence-corrected chi connectivity index (χ0v) is 7.42. The highest BCUT2D eigenvalue weighted by Crippen LogP contribution is 2.28. The molecule has 0 saturated heterocycles. The Morgan fingerprint density at radius 2 is 1.85 bits per heavy atom. The molecule has 13 heavy (non-hydrogen) atoms. The van der Waals surface area contributed by atoms with Gasteiger partial charge in [-0.1, -0.05) is 24.3 Å². The van der Waals surface area contributed by atoms with Gasteiger partial charge in [-0.2, -0.15) is 0 Å². The molecule has 0 atom stereocenters. The van der Waals surface area contributed by atoms with Crippen molar-refractivity contribution in [3.8, 4) is 0 Å². The number of hydrogen-bond acceptors (Lipinski definition) is 2. The molecule has 0 bridgehead atoms. The minimum atomic E-state index is -0.433. The molecule has 0 radical (unpaired) electrons. The summed E-state index contributed by atoms with van der Waals surface area (Å²) >= 11 is 0. The molecule has 2 rings (SSSR count). The molecule has 1 aliphatic rings. The van der Waals surface area contributed by atoms with E-state index in [1.54, 1.807) is 0 Å². The minimum Gasteiger partial charge on any atom is -0.862 e. The van der Waals surface area contributed by atoms with Gasteiger partial charge in [-0.25, -0.2) is 0 Å². The number of nitrogens with one attached hydrogen (secondary N) is 1. The molecular weight excluding hydrogens is 162 g/mol. The van der Waals surface area contributed by atoms with E-state index >= 15 is 0 Å². The fourth-order valence-electron chi connectivity index (χ4n) is 2.06. The molecule has 1 aromatic carbocycles. The highest BCUT2D eigenvalue weighted by atomic mass is 16.3.